The molecule has 1 aromatic carbocycles. The van der Waals surface area contributed by atoms with Crippen molar-refractivity contribution in [3.63, 3.8) is 0 Å². The highest BCUT2D eigenvalue weighted by atomic mass is 35.5. The third-order valence-electron chi connectivity index (χ3n) is 4.04. The maximum absolute atomic E-state index is 13.2. The number of carbonyl (C=O) groups excluding carboxylic acids is 1. The van der Waals surface area contributed by atoms with E-state index in [4.69, 9.17) is 4.74 Å². The number of halogens is 1. The van der Waals surface area contributed by atoms with E-state index in [2.05, 4.69) is 5.32 Å². The van der Waals surface area contributed by atoms with E-state index in [-0.39, 0.29) is 28.9 Å². The van der Waals surface area contributed by atoms with Gasteiger partial charge in [0.25, 0.3) is 0 Å². The highest BCUT2D eigenvalue weighted by Gasteiger charge is 2.34. The van der Waals surface area contributed by atoms with Crippen molar-refractivity contribution in [3.8, 4) is 0 Å². The summed E-state index contributed by atoms with van der Waals surface area (Å²) in [6.45, 7) is 4.01. The molecule has 1 aliphatic heterocycles. The van der Waals surface area contributed by atoms with Gasteiger partial charge in [-0.15, -0.1) is 12.4 Å². The molecule has 0 atom stereocenters. The number of hydrogen-bond donors (Lipinski definition) is 1. The molecule has 1 aliphatic rings. The number of nitrogens with one attached hydrogen (secondary N) is 1. The molecule has 1 heterocycles. The van der Waals surface area contributed by atoms with E-state index < -0.39 is 16.0 Å². The third kappa shape index (κ3) is 4.47. The number of esters is 1. The Bertz CT molecular complexity index is 645. The second-order valence-electron chi connectivity index (χ2n) is 5.58. The first-order valence-corrected chi connectivity index (χ1v) is 9.36. The molecule has 136 valence electrons. The minimum absolute atomic E-state index is 0. The lowest BCUT2D eigenvalue weighted by Gasteiger charge is -2.33. The summed E-state index contributed by atoms with van der Waals surface area (Å²) in [7, 11) is -2.49. The highest BCUT2D eigenvalue weighted by Crippen LogP contribution is 2.25. The second kappa shape index (κ2) is 9.36. The van der Waals surface area contributed by atoms with Crippen molar-refractivity contribution in [2.75, 3.05) is 26.7 Å². The summed E-state index contributed by atoms with van der Waals surface area (Å²) in [5.74, 6) is -0.633. The SMILES string of the molecule is CCCN(C1CCNCC1)S(=O)(=O)c1ccccc1C(=O)OC.Cl. The molecular formula is C16H25ClN2O4S. The molecule has 8 heteroatoms. The maximum atomic E-state index is 13.2. The number of rotatable bonds is 6. The van der Waals surface area contributed by atoms with Crippen molar-refractivity contribution in [2.45, 2.75) is 37.1 Å². The van der Waals surface area contributed by atoms with E-state index in [1.54, 1.807) is 16.4 Å². The molecule has 0 aliphatic carbocycles. The summed E-state index contributed by atoms with van der Waals surface area (Å²) < 4.78 is 32.6. The molecule has 2 rings (SSSR count). The molecule has 0 unspecified atom stereocenters. The average Bonchev–Trinajstić information content (AvgIpc) is 2.59. The van der Waals surface area contributed by atoms with Crippen molar-refractivity contribution in [2.24, 2.45) is 0 Å². The van der Waals surface area contributed by atoms with Gasteiger partial charge in [0, 0.05) is 12.6 Å². The normalized spacial score (nSPS) is 15.8. The number of nitrogens with zero attached hydrogens (tertiary/aromatic N) is 1. The van der Waals surface area contributed by atoms with E-state index >= 15 is 0 Å². The fourth-order valence-electron chi connectivity index (χ4n) is 2.91. The predicted molar refractivity (Wildman–Crippen MR) is 95.1 cm³/mol. The van der Waals surface area contributed by atoms with Crippen molar-refractivity contribution in [1.29, 1.82) is 0 Å². The molecule has 1 saturated heterocycles. The quantitative estimate of drug-likeness (QED) is 0.769. The fourth-order valence-corrected chi connectivity index (χ4v) is 4.87. The van der Waals surface area contributed by atoms with Crippen LogP contribution < -0.4 is 5.32 Å². The second-order valence-corrected chi connectivity index (χ2v) is 7.44. The molecule has 0 radical (unpaired) electrons. The van der Waals surface area contributed by atoms with Gasteiger partial charge >= 0.3 is 5.97 Å². The fraction of sp³-hybridized carbons (Fsp3) is 0.562. The number of sulfonamides is 1. The van der Waals surface area contributed by atoms with E-state index in [1.807, 2.05) is 6.92 Å². The molecule has 1 fully saturated rings. The average molecular weight is 377 g/mol. The van der Waals surface area contributed by atoms with Crippen molar-refractivity contribution < 1.29 is 17.9 Å². The van der Waals surface area contributed by atoms with Gasteiger partial charge in [-0.1, -0.05) is 19.1 Å². The molecule has 24 heavy (non-hydrogen) atoms. The lowest BCUT2D eigenvalue weighted by molar-refractivity contribution is 0.0596. The van der Waals surface area contributed by atoms with Crippen LogP contribution in [0.3, 0.4) is 0 Å². The Morgan fingerprint density at radius 2 is 1.92 bits per heavy atom. The van der Waals surface area contributed by atoms with E-state index in [1.165, 1.54) is 19.2 Å². The van der Waals surface area contributed by atoms with Crippen molar-refractivity contribution in [1.82, 2.24) is 9.62 Å². The standard InChI is InChI=1S/C16H24N2O4S.ClH/c1-3-12-18(13-8-10-17-11-9-13)23(20,21)15-7-5-4-6-14(15)16(19)22-2;/h4-7,13,17H,3,8-12H2,1-2H3;1H. The summed E-state index contributed by atoms with van der Waals surface area (Å²) >= 11 is 0. The summed E-state index contributed by atoms with van der Waals surface area (Å²) in [6.07, 6.45) is 2.28. The molecule has 1 N–H and O–H groups in total. The van der Waals surface area contributed by atoms with Gasteiger partial charge in [0.15, 0.2) is 0 Å². The molecule has 0 amide bonds. The highest BCUT2D eigenvalue weighted by molar-refractivity contribution is 7.89. The zero-order chi connectivity index (χ0) is 16.9. The first-order valence-electron chi connectivity index (χ1n) is 7.92. The summed E-state index contributed by atoms with van der Waals surface area (Å²) in [5, 5.41) is 3.25. The minimum Gasteiger partial charge on any atom is -0.465 e. The minimum atomic E-state index is -3.74. The molecule has 0 saturated carbocycles. The first-order chi connectivity index (χ1) is 11.0. The van der Waals surface area contributed by atoms with Gasteiger partial charge in [-0.3, -0.25) is 0 Å². The van der Waals surface area contributed by atoms with Crippen LogP contribution in [-0.4, -0.2) is 51.5 Å². The Morgan fingerprint density at radius 1 is 1.29 bits per heavy atom. The summed E-state index contributed by atoms with van der Waals surface area (Å²) in [5.41, 5.74) is 0.0880. The Hall–Kier alpha value is -1.15. The number of ether oxygens (including phenoxy) is 1. The third-order valence-corrected chi connectivity index (χ3v) is 6.05. The van der Waals surface area contributed by atoms with Crippen molar-refractivity contribution in [3.05, 3.63) is 29.8 Å². The van der Waals surface area contributed by atoms with Crippen LogP contribution in [0.4, 0.5) is 0 Å². The van der Waals surface area contributed by atoms with Crippen molar-refractivity contribution >= 4 is 28.4 Å². The number of piperidine rings is 1. The van der Waals surface area contributed by atoms with Gasteiger partial charge in [-0.05, 0) is 44.5 Å². The smallest absolute Gasteiger partial charge is 0.339 e. The molecule has 6 nitrogen and oxygen atoms in total. The van der Waals surface area contributed by atoms with Crippen LogP contribution in [0.1, 0.15) is 36.5 Å². The van der Waals surface area contributed by atoms with Crippen LogP contribution in [0.2, 0.25) is 0 Å². The molecular weight excluding hydrogens is 352 g/mol. The van der Waals surface area contributed by atoms with Crippen LogP contribution in [0.25, 0.3) is 0 Å². The number of methoxy groups -OCH3 is 1. The monoisotopic (exact) mass is 376 g/mol. The van der Waals surface area contributed by atoms with Gasteiger partial charge in [0.2, 0.25) is 10.0 Å². The zero-order valence-electron chi connectivity index (χ0n) is 14.0. The van der Waals surface area contributed by atoms with Gasteiger partial charge in [-0.25, -0.2) is 13.2 Å². The van der Waals surface area contributed by atoms with E-state index in [0.29, 0.717) is 6.54 Å². The zero-order valence-corrected chi connectivity index (χ0v) is 15.7. The van der Waals surface area contributed by atoms with Crippen LogP contribution in [0, 0.1) is 0 Å². The van der Waals surface area contributed by atoms with Gasteiger partial charge in [0.1, 0.15) is 0 Å². The van der Waals surface area contributed by atoms with E-state index in [9.17, 15) is 13.2 Å². The Kier molecular flexibility index (Phi) is 8.15. The largest absolute Gasteiger partial charge is 0.465 e. The lowest BCUT2D eigenvalue weighted by Crippen LogP contribution is -2.46. The Morgan fingerprint density at radius 3 is 2.50 bits per heavy atom. The maximum Gasteiger partial charge on any atom is 0.339 e. The van der Waals surface area contributed by atoms with Crippen LogP contribution in [0.5, 0.6) is 0 Å². The van der Waals surface area contributed by atoms with E-state index in [0.717, 1.165) is 32.4 Å². The summed E-state index contributed by atoms with van der Waals surface area (Å²) in [4.78, 5) is 11.9. The topological polar surface area (TPSA) is 75.7 Å². The Labute approximate surface area is 150 Å². The van der Waals surface area contributed by atoms with Gasteiger partial charge in [-0.2, -0.15) is 4.31 Å². The lowest BCUT2D eigenvalue weighted by atomic mass is 10.1. The van der Waals surface area contributed by atoms with Crippen LogP contribution in [0.15, 0.2) is 29.2 Å². The summed E-state index contributed by atoms with van der Waals surface area (Å²) in [6, 6.07) is 6.20. The number of benzene rings is 1. The predicted octanol–water partition coefficient (Wildman–Crippen LogP) is 2.05. The number of hydrogen-bond acceptors (Lipinski definition) is 5. The molecule has 0 aromatic heterocycles. The molecule has 0 spiro atoms. The first kappa shape index (κ1) is 20.9. The Balaban J connectivity index is 0.00000288. The molecule has 0 bridgehead atoms. The van der Waals surface area contributed by atoms with Gasteiger partial charge in [0.05, 0.1) is 17.6 Å². The van der Waals surface area contributed by atoms with Crippen LogP contribution in [-0.2, 0) is 14.8 Å². The van der Waals surface area contributed by atoms with Crippen LogP contribution >= 0.6 is 12.4 Å². The number of carbonyl (C=O) groups is 1. The molecule has 1 aromatic rings. The van der Waals surface area contributed by atoms with Gasteiger partial charge < -0.3 is 10.1 Å².